The Kier molecular flexibility index (Phi) is 5.79. The van der Waals surface area contributed by atoms with Crippen LogP contribution in [0.4, 0.5) is 5.69 Å². The molecular weight excluding hydrogens is 374 g/mol. The molecule has 0 amide bonds. The zero-order chi connectivity index (χ0) is 20.5. The van der Waals surface area contributed by atoms with Gasteiger partial charge in [-0.05, 0) is 76.4 Å². The van der Waals surface area contributed by atoms with Gasteiger partial charge in [0, 0.05) is 44.5 Å². The van der Waals surface area contributed by atoms with E-state index in [0.717, 1.165) is 49.7 Å². The molecule has 1 atom stereocenters. The second kappa shape index (κ2) is 8.67. The molecule has 1 aromatic heterocycles. The average Bonchev–Trinajstić information content (AvgIpc) is 3.59. The highest BCUT2D eigenvalue weighted by Crippen LogP contribution is 2.30. The highest BCUT2D eigenvalue weighted by atomic mass is 16.1. The number of nitrogens with zero attached hydrogens (tertiary/aromatic N) is 5. The molecule has 2 aromatic rings. The first-order valence-corrected chi connectivity index (χ1v) is 11.8. The summed E-state index contributed by atoms with van der Waals surface area (Å²) in [5.74, 6) is 0.677. The Hall–Kier alpha value is -1.92. The lowest BCUT2D eigenvalue weighted by molar-refractivity contribution is 0.151. The van der Waals surface area contributed by atoms with Crippen LogP contribution in [0, 0.1) is 5.92 Å². The summed E-state index contributed by atoms with van der Waals surface area (Å²) < 4.78 is 1.79. The van der Waals surface area contributed by atoms with Gasteiger partial charge in [-0.15, -0.1) is 0 Å². The SMILES string of the molecule is CN1CCCCC1CCN1CCN(c2ccc3c(=O)n(CC4CC4)cnc3c2)CC1. The third-order valence-corrected chi connectivity index (χ3v) is 7.40. The van der Waals surface area contributed by atoms with E-state index in [2.05, 4.69) is 38.9 Å². The lowest BCUT2D eigenvalue weighted by Crippen LogP contribution is -2.48. The number of hydrogen-bond donors (Lipinski definition) is 0. The second-order valence-electron chi connectivity index (χ2n) is 9.59. The van der Waals surface area contributed by atoms with Crippen molar-refractivity contribution in [1.29, 1.82) is 0 Å². The maximum Gasteiger partial charge on any atom is 0.261 e. The van der Waals surface area contributed by atoms with Crippen molar-refractivity contribution in [3.05, 3.63) is 34.9 Å². The molecule has 1 aliphatic carbocycles. The number of anilines is 1. The highest BCUT2D eigenvalue weighted by Gasteiger charge is 2.24. The third kappa shape index (κ3) is 4.40. The van der Waals surface area contributed by atoms with E-state index in [9.17, 15) is 4.79 Å². The fraction of sp³-hybridized carbons (Fsp3) is 0.667. The number of piperidine rings is 1. The summed E-state index contributed by atoms with van der Waals surface area (Å²) in [6.07, 6.45) is 9.64. The fourth-order valence-electron chi connectivity index (χ4n) is 5.12. The Balaban J connectivity index is 1.19. The van der Waals surface area contributed by atoms with Crippen LogP contribution >= 0.6 is 0 Å². The van der Waals surface area contributed by atoms with Crippen molar-refractivity contribution < 1.29 is 0 Å². The molecule has 0 radical (unpaired) electrons. The summed E-state index contributed by atoms with van der Waals surface area (Å²) in [4.78, 5) is 25.0. The van der Waals surface area contributed by atoms with Gasteiger partial charge in [0.1, 0.15) is 0 Å². The first-order valence-electron chi connectivity index (χ1n) is 11.8. The normalized spacial score (nSPS) is 23.9. The van der Waals surface area contributed by atoms with Gasteiger partial charge in [0.2, 0.25) is 0 Å². The molecule has 6 heteroatoms. The highest BCUT2D eigenvalue weighted by molar-refractivity contribution is 5.81. The average molecular weight is 410 g/mol. The Bertz CT molecular complexity index is 929. The van der Waals surface area contributed by atoms with E-state index in [-0.39, 0.29) is 5.56 Å². The van der Waals surface area contributed by atoms with Crippen LogP contribution in [0.2, 0.25) is 0 Å². The number of piperazine rings is 1. The molecule has 1 aromatic carbocycles. The Labute approximate surface area is 179 Å². The van der Waals surface area contributed by atoms with Gasteiger partial charge in [-0.1, -0.05) is 6.42 Å². The van der Waals surface area contributed by atoms with Crippen LogP contribution in [0.15, 0.2) is 29.3 Å². The standard InChI is InChI=1S/C24H35N5O/c1-26-10-3-2-4-20(26)9-11-27-12-14-28(15-13-27)21-7-8-22-23(16-21)25-18-29(24(22)30)17-19-5-6-19/h7-8,16,18-20H,2-6,9-15,17H2,1H3. The number of aromatic nitrogens is 2. The molecule has 1 unspecified atom stereocenters. The van der Waals surface area contributed by atoms with Gasteiger partial charge >= 0.3 is 0 Å². The van der Waals surface area contributed by atoms with Crippen LogP contribution in [-0.2, 0) is 6.54 Å². The molecule has 3 aliphatic rings. The number of hydrogen-bond acceptors (Lipinski definition) is 5. The van der Waals surface area contributed by atoms with E-state index in [1.54, 1.807) is 10.9 Å². The van der Waals surface area contributed by atoms with E-state index in [1.807, 2.05) is 6.07 Å². The van der Waals surface area contributed by atoms with Gasteiger partial charge in [-0.3, -0.25) is 14.3 Å². The maximum absolute atomic E-state index is 12.7. The molecule has 0 bridgehead atoms. The zero-order valence-electron chi connectivity index (χ0n) is 18.3. The van der Waals surface area contributed by atoms with E-state index >= 15 is 0 Å². The zero-order valence-corrected chi connectivity index (χ0v) is 18.3. The molecular formula is C24H35N5O. The van der Waals surface area contributed by atoms with Crippen molar-refractivity contribution in [3.63, 3.8) is 0 Å². The van der Waals surface area contributed by atoms with E-state index in [4.69, 9.17) is 0 Å². The Morgan fingerprint density at radius 3 is 2.63 bits per heavy atom. The lowest BCUT2D eigenvalue weighted by Gasteiger charge is -2.38. The van der Waals surface area contributed by atoms with E-state index in [0.29, 0.717) is 5.92 Å². The van der Waals surface area contributed by atoms with E-state index < -0.39 is 0 Å². The summed E-state index contributed by atoms with van der Waals surface area (Å²) in [7, 11) is 2.29. The summed E-state index contributed by atoms with van der Waals surface area (Å²) in [5.41, 5.74) is 2.13. The minimum absolute atomic E-state index is 0.107. The monoisotopic (exact) mass is 409 g/mol. The Morgan fingerprint density at radius 2 is 1.87 bits per heavy atom. The molecule has 2 aliphatic heterocycles. The van der Waals surface area contributed by atoms with Crippen LogP contribution in [0.5, 0.6) is 0 Å². The van der Waals surface area contributed by atoms with Gasteiger partial charge in [-0.25, -0.2) is 4.98 Å². The van der Waals surface area contributed by atoms with Crippen molar-refractivity contribution in [2.24, 2.45) is 5.92 Å². The first-order chi connectivity index (χ1) is 14.7. The minimum atomic E-state index is 0.107. The van der Waals surface area contributed by atoms with Crippen LogP contribution in [0.25, 0.3) is 10.9 Å². The van der Waals surface area contributed by atoms with Crippen LogP contribution < -0.4 is 10.5 Å². The number of fused-ring (bicyclic) bond motifs is 1. The molecule has 3 fully saturated rings. The van der Waals surface area contributed by atoms with Gasteiger partial charge in [0.15, 0.2) is 0 Å². The number of rotatable bonds is 6. The summed E-state index contributed by atoms with van der Waals surface area (Å²) in [6.45, 7) is 7.62. The third-order valence-electron chi connectivity index (χ3n) is 7.40. The van der Waals surface area contributed by atoms with Crippen molar-refractivity contribution in [2.45, 2.75) is 51.1 Å². The molecule has 30 heavy (non-hydrogen) atoms. The predicted octanol–water partition coefficient (Wildman–Crippen LogP) is 2.80. The van der Waals surface area contributed by atoms with E-state index in [1.165, 1.54) is 57.3 Å². The maximum atomic E-state index is 12.7. The van der Waals surface area contributed by atoms with Gasteiger partial charge in [-0.2, -0.15) is 0 Å². The van der Waals surface area contributed by atoms with Crippen molar-refractivity contribution in [1.82, 2.24) is 19.4 Å². The summed E-state index contributed by atoms with van der Waals surface area (Å²) >= 11 is 0. The smallest absolute Gasteiger partial charge is 0.261 e. The molecule has 162 valence electrons. The second-order valence-corrected chi connectivity index (χ2v) is 9.59. The predicted molar refractivity (Wildman–Crippen MR) is 122 cm³/mol. The number of benzene rings is 1. The van der Waals surface area contributed by atoms with Crippen molar-refractivity contribution in [2.75, 3.05) is 51.2 Å². The number of likely N-dealkylation sites (tertiary alicyclic amines) is 1. The Morgan fingerprint density at radius 1 is 1.03 bits per heavy atom. The van der Waals surface area contributed by atoms with Crippen LogP contribution in [0.1, 0.15) is 38.5 Å². The lowest BCUT2D eigenvalue weighted by atomic mass is 10.00. The molecule has 2 saturated heterocycles. The molecule has 3 heterocycles. The van der Waals surface area contributed by atoms with Crippen molar-refractivity contribution >= 4 is 16.6 Å². The molecule has 5 rings (SSSR count). The summed E-state index contributed by atoms with van der Waals surface area (Å²) in [6, 6.07) is 6.96. The summed E-state index contributed by atoms with van der Waals surface area (Å²) in [5, 5.41) is 0.747. The quantitative estimate of drug-likeness (QED) is 0.734. The van der Waals surface area contributed by atoms with Crippen molar-refractivity contribution in [3.8, 4) is 0 Å². The van der Waals surface area contributed by atoms with Crippen LogP contribution in [0.3, 0.4) is 0 Å². The largest absolute Gasteiger partial charge is 0.369 e. The van der Waals surface area contributed by atoms with Gasteiger partial charge in [0.05, 0.1) is 17.2 Å². The fourth-order valence-corrected chi connectivity index (χ4v) is 5.12. The molecule has 0 N–H and O–H groups in total. The van der Waals surface area contributed by atoms with Gasteiger partial charge in [0.25, 0.3) is 5.56 Å². The topological polar surface area (TPSA) is 44.6 Å². The molecule has 1 saturated carbocycles. The van der Waals surface area contributed by atoms with Gasteiger partial charge < -0.3 is 9.80 Å². The molecule has 0 spiro atoms. The first kappa shape index (κ1) is 20.0. The minimum Gasteiger partial charge on any atom is -0.369 e. The molecule has 6 nitrogen and oxygen atoms in total. The van der Waals surface area contributed by atoms with Crippen LogP contribution in [-0.4, -0.2) is 71.7 Å².